The van der Waals surface area contributed by atoms with E-state index in [0.717, 1.165) is 56.8 Å². The molecule has 0 bridgehead atoms. The van der Waals surface area contributed by atoms with Crippen LogP contribution < -0.4 is 10.6 Å². The fraction of sp³-hybridized carbons (Fsp3) is 0.333. The highest BCUT2D eigenvalue weighted by atomic mass is 31.2. The predicted molar refractivity (Wildman–Crippen MR) is 133 cm³/mol. The van der Waals surface area contributed by atoms with Crippen molar-refractivity contribution >= 4 is 26.8 Å². The van der Waals surface area contributed by atoms with Crippen LogP contribution in [0.15, 0.2) is 66.7 Å². The maximum absolute atomic E-state index is 15.3. The third kappa shape index (κ3) is 4.55. The minimum atomic E-state index is -1.80. The summed E-state index contributed by atoms with van der Waals surface area (Å²) in [6.07, 6.45) is 6.99. The summed E-state index contributed by atoms with van der Waals surface area (Å²) in [4.78, 5) is 0. The summed E-state index contributed by atoms with van der Waals surface area (Å²) in [7, 11) is -2.60. The maximum atomic E-state index is 15.3. The van der Waals surface area contributed by atoms with Crippen molar-refractivity contribution in [1.82, 2.24) is 4.44 Å². The molecule has 1 aliphatic heterocycles. The molecule has 0 N–H and O–H groups in total. The van der Waals surface area contributed by atoms with E-state index in [-0.39, 0.29) is 22.3 Å². The molecule has 1 saturated heterocycles. The van der Waals surface area contributed by atoms with Gasteiger partial charge in [-0.25, -0.2) is 22.0 Å². The molecule has 1 aliphatic carbocycles. The molecule has 178 valence electrons. The van der Waals surface area contributed by atoms with Crippen LogP contribution >= 0.6 is 16.1 Å². The molecule has 0 amide bonds. The largest absolute Gasteiger partial charge is 0.249 e. The van der Waals surface area contributed by atoms with Gasteiger partial charge >= 0.3 is 0 Å². The van der Waals surface area contributed by atoms with Crippen LogP contribution in [0, 0.1) is 23.3 Å². The minimum absolute atomic E-state index is 0.145. The highest BCUT2D eigenvalue weighted by Gasteiger charge is 2.43. The Hall–Kier alpha value is -1.80. The standard InChI is InChI=1S/C27H27F4NP2/c28-21-13-6-15-24(26(21)30)34(25-16-7-14-22(29)27(25)31)32(20-11-4-5-12-20)33-18-8-17-23(33)19-9-2-1-3-10-19/h1-3,6-7,9-10,13-16,20,23H,4-5,8,11-12,17-18H2. The summed E-state index contributed by atoms with van der Waals surface area (Å²) in [5, 5.41) is 0.292. The van der Waals surface area contributed by atoms with Crippen LogP contribution in [0.5, 0.6) is 0 Å². The molecule has 2 fully saturated rings. The second-order valence-electron chi connectivity index (χ2n) is 8.95. The molecular weight excluding hydrogens is 476 g/mol. The molecule has 1 saturated carbocycles. The van der Waals surface area contributed by atoms with Gasteiger partial charge in [0.05, 0.1) is 0 Å². The number of benzene rings is 3. The molecule has 2 aliphatic rings. The van der Waals surface area contributed by atoms with Crippen LogP contribution in [0.4, 0.5) is 17.6 Å². The van der Waals surface area contributed by atoms with Crippen LogP contribution in [0.2, 0.25) is 0 Å². The Morgan fingerprint density at radius 3 is 1.85 bits per heavy atom. The number of hydrogen-bond donors (Lipinski definition) is 0. The highest BCUT2D eigenvalue weighted by molar-refractivity contribution is 7.79. The highest BCUT2D eigenvalue weighted by Crippen LogP contribution is 2.69. The fourth-order valence-electron chi connectivity index (χ4n) is 5.30. The molecule has 1 heterocycles. The summed E-state index contributed by atoms with van der Waals surface area (Å²) < 4.78 is 61.9. The molecule has 3 aromatic rings. The molecule has 2 unspecified atom stereocenters. The summed E-state index contributed by atoms with van der Waals surface area (Å²) in [5.74, 6) is -3.81. The van der Waals surface area contributed by atoms with Gasteiger partial charge in [0.15, 0.2) is 23.3 Å². The van der Waals surface area contributed by atoms with E-state index in [1.807, 2.05) is 18.2 Å². The van der Waals surface area contributed by atoms with Crippen molar-refractivity contribution in [3.63, 3.8) is 0 Å². The summed E-state index contributed by atoms with van der Waals surface area (Å²) in [6.45, 7) is 0. The topological polar surface area (TPSA) is 3.24 Å². The zero-order valence-electron chi connectivity index (χ0n) is 18.8. The molecule has 7 heteroatoms. The lowest BCUT2D eigenvalue weighted by Crippen LogP contribution is -2.35. The van der Waals surface area contributed by atoms with E-state index >= 15 is 8.78 Å². The van der Waals surface area contributed by atoms with Gasteiger partial charge in [-0.2, -0.15) is 0 Å². The third-order valence-electron chi connectivity index (χ3n) is 6.85. The zero-order chi connectivity index (χ0) is 23.7. The van der Waals surface area contributed by atoms with Crippen molar-refractivity contribution in [2.24, 2.45) is 0 Å². The summed E-state index contributed by atoms with van der Waals surface area (Å²) in [5.41, 5.74) is 1.51. The SMILES string of the molecule is Fc1cccc(P(c2cccc(F)c2F)N(C2CCCC2)P2CCCC2c2ccccc2)c1F. The van der Waals surface area contributed by atoms with Gasteiger partial charge in [-0.05, 0) is 69.7 Å². The van der Waals surface area contributed by atoms with Gasteiger partial charge in [0.1, 0.15) is 0 Å². The van der Waals surface area contributed by atoms with Crippen LogP contribution in [-0.2, 0) is 0 Å². The quantitative estimate of drug-likeness (QED) is 0.245. The lowest BCUT2D eigenvalue weighted by molar-refractivity contribution is 0.493. The van der Waals surface area contributed by atoms with Crippen molar-refractivity contribution in [2.45, 2.75) is 50.2 Å². The monoisotopic (exact) mass is 503 g/mol. The number of nitrogens with zero attached hydrogens (tertiary/aromatic N) is 1. The van der Waals surface area contributed by atoms with Gasteiger partial charge in [0, 0.05) is 30.4 Å². The van der Waals surface area contributed by atoms with Gasteiger partial charge in [-0.15, -0.1) is 0 Å². The van der Waals surface area contributed by atoms with Crippen LogP contribution in [0.1, 0.15) is 49.7 Å². The molecule has 5 rings (SSSR count). The minimum Gasteiger partial charge on any atom is -0.249 e. The van der Waals surface area contributed by atoms with Crippen LogP contribution in [-0.4, -0.2) is 16.6 Å². The number of halogens is 4. The third-order valence-corrected chi connectivity index (χ3v) is 13.3. The first kappa shape index (κ1) is 23.9. The van der Waals surface area contributed by atoms with Crippen molar-refractivity contribution < 1.29 is 17.6 Å². The number of hydrogen-bond acceptors (Lipinski definition) is 1. The second kappa shape index (κ2) is 10.4. The molecule has 2 atom stereocenters. The van der Waals surface area contributed by atoms with Crippen molar-refractivity contribution in [3.8, 4) is 0 Å². The van der Waals surface area contributed by atoms with Crippen LogP contribution in [0.3, 0.4) is 0 Å². The molecule has 34 heavy (non-hydrogen) atoms. The predicted octanol–water partition coefficient (Wildman–Crippen LogP) is 7.77. The normalized spacial score (nSPS) is 21.1. The molecule has 0 radical (unpaired) electrons. The lowest BCUT2D eigenvalue weighted by Gasteiger charge is -2.43. The van der Waals surface area contributed by atoms with Gasteiger partial charge < -0.3 is 0 Å². The van der Waals surface area contributed by atoms with E-state index in [2.05, 4.69) is 16.6 Å². The second-order valence-corrected chi connectivity index (χ2v) is 13.7. The Bertz CT molecular complexity index is 1090. The van der Waals surface area contributed by atoms with Crippen molar-refractivity contribution in [2.75, 3.05) is 6.16 Å². The molecule has 3 aromatic carbocycles. The van der Waals surface area contributed by atoms with Crippen molar-refractivity contribution in [3.05, 3.63) is 95.6 Å². The Balaban J connectivity index is 1.69. The van der Waals surface area contributed by atoms with Gasteiger partial charge in [0.2, 0.25) is 0 Å². The molecular formula is C27H27F4NP2. The van der Waals surface area contributed by atoms with Gasteiger partial charge in [0.25, 0.3) is 0 Å². The first-order valence-corrected chi connectivity index (χ1v) is 14.7. The fourth-order valence-corrected chi connectivity index (χ4v) is 12.7. The van der Waals surface area contributed by atoms with Gasteiger partial charge in [-0.1, -0.05) is 55.3 Å². The number of rotatable bonds is 6. The zero-order valence-corrected chi connectivity index (χ0v) is 20.6. The Morgan fingerprint density at radius 1 is 0.676 bits per heavy atom. The lowest BCUT2D eigenvalue weighted by atomic mass is 10.1. The van der Waals surface area contributed by atoms with E-state index in [1.165, 1.54) is 17.7 Å². The molecule has 0 aromatic heterocycles. The Morgan fingerprint density at radius 2 is 1.26 bits per heavy atom. The Labute approximate surface area is 200 Å². The maximum Gasteiger partial charge on any atom is 0.168 e. The van der Waals surface area contributed by atoms with E-state index in [0.29, 0.717) is 0 Å². The average Bonchev–Trinajstić information content (AvgIpc) is 3.55. The van der Waals surface area contributed by atoms with E-state index in [9.17, 15) is 8.78 Å². The van der Waals surface area contributed by atoms with E-state index < -0.39 is 39.4 Å². The Kier molecular flexibility index (Phi) is 7.35. The van der Waals surface area contributed by atoms with Gasteiger partial charge in [-0.3, -0.25) is 0 Å². The van der Waals surface area contributed by atoms with Crippen molar-refractivity contribution in [1.29, 1.82) is 0 Å². The summed E-state index contributed by atoms with van der Waals surface area (Å²) in [6, 6.07) is 18.7. The average molecular weight is 503 g/mol. The van der Waals surface area contributed by atoms with Crippen LogP contribution in [0.25, 0.3) is 0 Å². The first-order valence-electron chi connectivity index (χ1n) is 11.8. The molecule has 0 spiro atoms. The van der Waals surface area contributed by atoms with E-state index in [4.69, 9.17) is 0 Å². The smallest absolute Gasteiger partial charge is 0.168 e. The van der Waals surface area contributed by atoms with E-state index in [1.54, 1.807) is 12.1 Å². The first-order chi connectivity index (χ1) is 16.6. The summed E-state index contributed by atoms with van der Waals surface area (Å²) >= 11 is 0. The molecule has 1 nitrogen and oxygen atoms in total.